The Bertz CT molecular complexity index is 657. The molecule has 0 radical (unpaired) electrons. The summed E-state index contributed by atoms with van der Waals surface area (Å²) in [5.74, 6) is -0.560. The first kappa shape index (κ1) is 19.0. The Kier molecular flexibility index (Phi) is 6.56. The van der Waals surface area contributed by atoms with Crippen LogP contribution in [0.3, 0.4) is 0 Å². The maximum absolute atomic E-state index is 12.6. The van der Waals surface area contributed by atoms with Crippen molar-refractivity contribution in [1.82, 2.24) is 4.90 Å². The number of carbonyl (C=O) groups excluding carboxylic acids is 3. The number of fused-ring (bicyclic) bond motifs is 1. The van der Waals surface area contributed by atoms with Crippen LogP contribution >= 0.6 is 0 Å². The van der Waals surface area contributed by atoms with E-state index in [9.17, 15) is 14.4 Å². The zero-order valence-electron chi connectivity index (χ0n) is 15.1. The van der Waals surface area contributed by atoms with Gasteiger partial charge in [0, 0.05) is 32.0 Å². The second kappa shape index (κ2) is 8.65. The summed E-state index contributed by atoms with van der Waals surface area (Å²) in [5, 5.41) is 2.75. The van der Waals surface area contributed by atoms with Gasteiger partial charge in [-0.15, -0.1) is 0 Å². The molecule has 136 valence electrons. The normalized spacial score (nSPS) is 16.1. The number of carbonyl (C=O) groups is 3. The van der Waals surface area contributed by atoms with Crippen LogP contribution in [-0.2, 0) is 32.1 Å². The fraction of sp³-hybridized carbons (Fsp3) is 0.526. The zero-order valence-corrected chi connectivity index (χ0v) is 15.1. The molecule has 1 aliphatic rings. The molecule has 25 heavy (non-hydrogen) atoms. The summed E-state index contributed by atoms with van der Waals surface area (Å²) < 4.78 is 4.90. The molecule has 1 N–H and O–H groups in total. The Hall–Kier alpha value is -2.37. The minimum atomic E-state index is -0.585. The molecule has 0 spiro atoms. The largest absolute Gasteiger partial charge is 0.467 e. The maximum atomic E-state index is 12.6. The SMILES string of the molecule is CCCCCC(=O)N1Cc2cc(NC(C)=O)ccc2C[C@H]1C(=O)OC. The van der Waals surface area contributed by atoms with Crippen LogP contribution in [0.25, 0.3) is 0 Å². The van der Waals surface area contributed by atoms with Gasteiger partial charge in [-0.3, -0.25) is 9.59 Å². The minimum Gasteiger partial charge on any atom is -0.467 e. The fourth-order valence-corrected chi connectivity index (χ4v) is 3.14. The number of methoxy groups -OCH3 is 1. The highest BCUT2D eigenvalue weighted by Crippen LogP contribution is 2.27. The van der Waals surface area contributed by atoms with E-state index >= 15 is 0 Å². The molecule has 0 unspecified atom stereocenters. The minimum absolute atomic E-state index is 0.0283. The molecule has 1 aromatic rings. The molecule has 1 aromatic carbocycles. The Morgan fingerprint density at radius 1 is 1.24 bits per heavy atom. The lowest BCUT2D eigenvalue weighted by Gasteiger charge is -2.35. The fourth-order valence-electron chi connectivity index (χ4n) is 3.14. The standard InChI is InChI=1S/C19H26N2O4/c1-4-5-6-7-18(23)21-12-15-10-16(20-13(2)22)9-8-14(15)11-17(21)19(24)25-3/h8-10,17H,4-7,11-12H2,1-3H3,(H,20,22)/t17-/m0/s1. The van der Waals surface area contributed by atoms with Crippen molar-refractivity contribution in [3.05, 3.63) is 29.3 Å². The van der Waals surface area contributed by atoms with Gasteiger partial charge < -0.3 is 15.0 Å². The van der Waals surface area contributed by atoms with E-state index in [1.54, 1.807) is 4.90 Å². The summed E-state index contributed by atoms with van der Waals surface area (Å²) in [6.07, 6.45) is 3.71. The molecule has 6 heteroatoms. The van der Waals surface area contributed by atoms with Crippen molar-refractivity contribution in [2.45, 2.75) is 58.5 Å². The smallest absolute Gasteiger partial charge is 0.328 e. The molecule has 0 saturated carbocycles. The van der Waals surface area contributed by atoms with E-state index in [-0.39, 0.29) is 17.8 Å². The van der Waals surface area contributed by atoms with Crippen LogP contribution in [0.5, 0.6) is 0 Å². The van der Waals surface area contributed by atoms with Gasteiger partial charge in [0.25, 0.3) is 0 Å². The van der Waals surface area contributed by atoms with E-state index in [1.807, 2.05) is 18.2 Å². The van der Waals surface area contributed by atoms with Crippen LogP contribution in [0.2, 0.25) is 0 Å². The molecule has 6 nitrogen and oxygen atoms in total. The second-order valence-corrected chi connectivity index (χ2v) is 6.39. The zero-order chi connectivity index (χ0) is 18.4. The molecule has 0 aliphatic carbocycles. The summed E-state index contributed by atoms with van der Waals surface area (Å²) in [6, 6.07) is 5.00. The molecule has 1 aliphatic heterocycles. The number of nitrogens with zero attached hydrogens (tertiary/aromatic N) is 1. The van der Waals surface area contributed by atoms with Crippen LogP contribution < -0.4 is 5.32 Å². The molecule has 0 aromatic heterocycles. The second-order valence-electron chi connectivity index (χ2n) is 6.39. The number of anilines is 1. The number of nitrogens with one attached hydrogen (secondary N) is 1. The Morgan fingerprint density at radius 3 is 2.64 bits per heavy atom. The van der Waals surface area contributed by atoms with Crippen LogP contribution in [0.15, 0.2) is 18.2 Å². The Morgan fingerprint density at radius 2 is 2.00 bits per heavy atom. The number of amides is 2. The highest BCUT2D eigenvalue weighted by atomic mass is 16.5. The molecule has 2 amide bonds. The van der Waals surface area contributed by atoms with Crippen molar-refractivity contribution < 1.29 is 19.1 Å². The van der Waals surface area contributed by atoms with E-state index in [2.05, 4.69) is 12.2 Å². The number of hydrogen-bond donors (Lipinski definition) is 1. The van der Waals surface area contributed by atoms with Gasteiger partial charge >= 0.3 is 5.97 Å². The van der Waals surface area contributed by atoms with Crippen LogP contribution in [-0.4, -0.2) is 35.8 Å². The lowest BCUT2D eigenvalue weighted by molar-refractivity contribution is -0.154. The van der Waals surface area contributed by atoms with Gasteiger partial charge in [-0.1, -0.05) is 25.8 Å². The van der Waals surface area contributed by atoms with Crippen LogP contribution in [0.4, 0.5) is 5.69 Å². The predicted octanol–water partition coefficient (Wildman–Crippen LogP) is 2.65. The Balaban J connectivity index is 2.23. The first-order valence-corrected chi connectivity index (χ1v) is 8.73. The summed E-state index contributed by atoms with van der Waals surface area (Å²) in [5.41, 5.74) is 2.65. The van der Waals surface area contributed by atoms with Crippen LogP contribution in [0, 0.1) is 0 Å². The van der Waals surface area contributed by atoms with Crippen molar-refractivity contribution in [3.63, 3.8) is 0 Å². The van der Waals surface area contributed by atoms with Gasteiger partial charge in [-0.25, -0.2) is 4.79 Å². The highest BCUT2D eigenvalue weighted by Gasteiger charge is 2.35. The van der Waals surface area contributed by atoms with Gasteiger partial charge in [0.1, 0.15) is 6.04 Å². The van der Waals surface area contributed by atoms with Crippen LogP contribution in [0.1, 0.15) is 50.7 Å². The number of unbranched alkanes of at least 4 members (excludes halogenated alkanes) is 2. The average Bonchev–Trinajstić information content (AvgIpc) is 2.59. The summed E-state index contributed by atoms with van der Waals surface area (Å²) in [7, 11) is 1.34. The van der Waals surface area contributed by atoms with E-state index < -0.39 is 6.04 Å². The van der Waals surface area contributed by atoms with E-state index in [0.29, 0.717) is 25.1 Å². The molecule has 1 atom stereocenters. The molecule has 0 saturated heterocycles. The van der Waals surface area contributed by atoms with Crippen molar-refractivity contribution in [3.8, 4) is 0 Å². The summed E-state index contributed by atoms with van der Waals surface area (Å²) >= 11 is 0. The summed E-state index contributed by atoms with van der Waals surface area (Å²) in [4.78, 5) is 37.6. The first-order valence-electron chi connectivity index (χ1n) is 8.73. The number of benzene rings is 1. The first-order chi connectivity index (χ1) is 12.0. The third kappa shape index (κ3) is 4.81. The van der Waals surface area contributed by atoms with Gasteiger partial charge in [0.05, 0.1) is 7.11 Å². The van der Waals surface area contributed by atoms with Gasteiger partial charge in [-0.05, 0) is 29.7 Å². The molecule has 0 fully saturated rings. The number of hydrogen-bond acceptors (Lipinski definition) is 4. The van der Waals surface area contributed by atoms with Gasteiger partial charge in [-0.2, -0.15) is 0 Å². The number of rotatable bonds is 6. The van der Waals surface area contributed by atoms with Gasteiger partial charge in [0.2, 0.25) is 11.8 Å². The lowest BCUT2D eigenvalue weighted by atomic mass is 9.93. The lowest BCUT2D eigenvalue weighted by Crippen LogP contribution is -2.49. The highest BCUT2D eigenvalue weighted by molar-refractivity contribution is 5.89. The quantitative estimate of drug-likeness (QED) is 0.635. The van der Waals surface area contributed by atoms with Crippen molar-refractivity contribution in [1.29, 1.82) is 0 Å². The van der Waals surface area contributed by atoms with Gasteiger partial charge in [0.15, 0.2) is 0 Å². The third-order valence-corrected chi connectivity index (χ3v) is 4.44. The van der Waals surface area contributed by atoms with Crippen molar-refractivity contribution >= 4 is 23.5 Å². The monoisotopic (exact) mass is 346 g/mol. The van der Waals surface area contributed by atoms with E-state index in [1.165, 1.54) is 14.0 Å². The average molecular weight is 346 g/mol. The molecule has 1 heterocycles. The van der Waals surface area contributed by atoms with Crippen molar-refractivity contribution in [2.75, 3.05) is 12.4 Å². The third-order valence-electron chi connectivity index (χ3n) is 4.44. The predicted molar refractivity (Wildman–Crippen MR) is 94.9 cm³/mol. The Labute approximate surface area is 148 Å². The molecular formula is C19H26N2O4. The van der Waals surface area contributed by atoms with E-state index in [0.717, 1.165) is 30.4 Å². The number of esters is 1. The van der Waals surface area contributed by atoms with E-state index in [4.69, 9.17) is 4.74 Å². The number of ether oxygens (including phenoxy) is 1. The topological polar surface area (TPSA) is 75.7 Å². The molecule has 2 rings (SSSR count). The van der Waals surface area contributed by atoms with Crippen molar-refractivity contribution in [2.24, 2.45) is 0 Å². The maximum Gasteiger partial charge on any atom is 0.328 e. The molecule has 0 bridgehead atoms. The summed E-state index contributed by atoms with van der Waals surface area (Å²) in [6.45, 7) is 3.90. The molecular weight excluding hydrogens is 320 g/mol.